The van der Waals surface area contributed by atoms with E-state index in [1.165, 1.54) is 12.1 Å². The molecule has 1 aromatic rings. The van der Waals surface area contributed by atoms with Crippen molar-refractivity contribution in [3.05, 3.63) is 35.4 Å². The summed E-state index contributed by atoms with van der Waals surface area (Å²) < 4.78 is 27.0. The minimum Gasteiger partial charge on any atom is -0.329 e. The van der Waals surface area contributed by atoms with Crippen LogP contribution >= 0.6 is 11.8 Å². The predicted molar refractivity (Wildman–Crippen MR) is 76.3 cm³/mol. The fourth-order valence-corrected chi connectivity index (χ4v) is 3.70. The molecule has 2 nitrogen and oxygen atoms in total. The molecule has 1 fully saturated rings. The average Bonchev–Trinajstić information content (AvgIpc) is 2.31. The predicted octanol–water partition coefficient (Wildman–Crippen LogP) is 2.79. The smallest absolute Gasteiger partial charge is 0.130 e. The maximum Gasteiger partial charge on any atom is 0.130 e. The van der Waals surface area contributed by atoms with Gasteiger partial charge in [-0.2, -0.15) is 11.8 Å². The lowest BCUT2D eigenvalue weighted by Gasteiger charge is -2.41. The van der Waals surface area contributed by atoms with Crippen LogP contribution in [-0.4, -0.2) is 35.0 Å². The molecule has 2 rings (SSSR count). The summed E-state index contributed by atoms with van der Waals surface area (Å²) in [7, 11) is 0. The Morgan fingerprint density at radius 2 is 2.16 bits per heavy atom. The average molecular weight is 286 g/mol. The van der Waals surface area contributed by atoms with Crippen LogP contribution in [-0.2, 0) is 0 Å². The van der Waals surface area contributed by atoms with Crippen LogP contribution in [0.25, 0.3) is 0 Å². The molecule has 0 aromatic heterocycles. The number of hydrogen-bond acceptors (Lipinski definition) is 3. The van der Waals surface area contributed by atoms with E-state index in [0.29, 0.717) is 12.1 Å². The molecule has 1 unspecified atom stereocenters. The van der Waals surface area contributed by atoms with Crippen LogP contribution in [0.15, 0.2) is 18.2 Å². The van der Waals surface area contributed by atoms with Crippen molar-refractivity contribution in [3.63, 3.8) is 0 Å². The van der Waals surface area contributed by atoms with E-state index < -0.39 is 11.6 Å². The van der Waals surface area contributed by atoms with Crippen molar-refractivity contribution >= 4 is 11.8 Å². The third-order valence-electron chi connectivity index (χ3n) is 3.44. The molecule has 1 atom stereocenters. The van der Waals surface area contributed by atoms with Gasteiger partial charge in [0.2, 0.25) is 0 Å². The van der Waals surface area contributed by atoms with Gasteiger partial charge in [-0.3, -0.25) is 4.90 Å². The zero-order valence-corrected chi connectivity index (χ0v) is 12.1. The maximum absolute atomic E-state index is 13.9. The molecule has 1 heterocycles. The summed E-state index contributed by atoms with van der Waals surface area (Å²) in [5.41, 5.74) is 6.31. The van der Waals surface area contributed by atoms with Crippen molar-refractivity contribution in [2.45, 2.75) is 24.6 Å². The summed E-state index contributed by atoms with van der Waals surface area (Å²) in [4.78, 5) is 2.20. The van der Waals surface area contributed by atoms with E-state index in [2.05, 4.69) is 18.7 Å². The number of thioether (sulfide) groups is 1. The molecule has 1 aliphatic rings. The fourth-order valence-electron chi connectivity index (χ4n) is 2.56. The summed E-state index contributed by atoms with van der Waals surface area (Å²) in [5.74, 6) is -0.0511. The van der Waals surface area contributed by atoms with Gasteiger partial charge in [-0.25, -0.2) is 8.78 Å². The zero-order chi connectivity index (χ0) is 14.0. The third kappa shape index (κ3) is 3.46. The van der Waals surface area contributed by atoms with Crippen LogP contribution in [0.5, 0.6) is 0 Å². The van der Waals surface area contributed by atoms with Crippen molar-refractivity contribution in [2.24, 2.45) is 5.73 Å². The van der Waals surface area contributed by atoms with Crippen LogP contribution in [0.4, 0.5) is 8.78 Å². The minimum absolute atomic E-state index is 0.141. The third-order valence-corrected chi connectivity index (χ3v) is 4.74. The van der Waals surface area contributed by atoms with E-state index in [0.717, 1.165) is 24.9 Å². The molecule has 1 aromatic carbocycles. The Balaban J connectivity index is 2.24. The second kappa shape index (κ2) is 5.77. The quantitative estimate of drug-likeness (QED) is 0.926. The maximum atomic E-state index is 13.9. The van der Waals surface area contributed by atoms with E-state index >= 15 is 0 Å². The molecule has 106 valence electrons. The Labute approximate surface area is 117 Å². The van der Waals surface area contributed by atoms with E-state index in [1.807, 2.05) is 11.8 Å². The fraction of sp³-hybridized carbons (Fsp3) is 0.571. The summed E-state index contributed by atoms with van der Waals surface area (Å²) in [6, 6.07) is 3.56. The molecular formula is C14H20F2N2S. The lowest BCUT2D eigenvalue weighted by atomic mass is 10.0. The van der Waals surface area contributed by atoms with Gasteiger partial charge in [-0.05, 0) is 19.9 Å². The Hall–Kier alpha value is -0.650. The van der Waals surface area contributed by atoms with Gasteiger partial charge >= 0.3 is 0 Å². The van der Waals surface area contributed by atoms with E-state index in [1.54, 1.807) is 0 Å². The molecule has 0 saturated carbocycles. The van der Waals surface area contributed by atoms with Gasteiger partial charge < -0.3 is 5.73 Å². The van der Waals surface area contributed by atoms with Gasteiger partial charge in [0.05, 0.1) is 0 Å². The number of nitrogens with two attached hydrogens (primary N) is 1. The highest BCUT2D eigenvalue weighted by atomic mass is 32.2. The van der Waals surface area contributed by atoms with Crippen molar-refractivity contribution < 1.29 is 8.78 Å². The first-order valence-corrected chi connectivity index (χ1v) is 7.44. The number of nitrogens with zero attached hydrogens (tertiary/aromatic N) is 1. The molecule has 19 heavy (non-hydrogen) atoms. The highest BCUT2D eigenvalue weighted by Gasteiger charge is 2.32. The number of hydrogen-bond donors (Lipinski definition) is 1. The van der Waals surface area contributed by atoms with Crippen LogP contribution in [0.3, 0.4) is 0 Å². The molecule has 5 heteroatoms. The largest absolute Gasteiger partial charge is 0.329 e. The van der Waals surface area contributed by atoms with Crippen molar-refractivity contribution in [1.29, 1.82) is 0 Å². The molecule has 0 bridgehead atoms. The van der Waals surface area contributed by atoms with Crippen LogP contribution in [0.1, 0.15) is 25.5 Å². The normalized spacial score (nSPS) is 21.3. The number of rotatable bonds is 3. The van der Waals surface area contributed by atoms with Gasteiger partial charge in [-0.15, -0.1) is 0 Å². The van der Waals surface area contributed by atoms with Gasteiger partial charge in [0.15, 0.2) is 0 Å². The van der Waals surface area contributed by atoms with Crippen molar-refractivity contribution in [1.82, 2.24) is 4.90 Å². The summed E-state index contributed by atoms with van der Waals surface area (Å²) in [6.07, 6.45) is 0. The summed E-state index contributed by atoms with van der Waals surface area (Å²) in [5, 5.41) is 0. The second-order valence-corrected chi connectivity index (χ2v) is 7.30. The number of benzene rings is 1. The van der Waals surface area contributed by atoms with Gasteiger partial charge in [-0.1, -0.05) is 6.07 Å². The van der Waals surface area contributed by atoms with Gasteiger partial charge in [0.1, 0.15) is 11.6 Å². The Morgan fingerprint density at radius 3 is 2.74 bits per heavy atom. The van der Waals surface area contributed by atoms with Crippen LogP contribution in [0, 0.1) is 11.6 Å². The molecular weight excluding hydrogens is 266 g/mol. The highest BCUT2D eigenvalue weighted by Crippen LogP contribution is 2.34. The molecule has 1 saturated heterocycles. The number of halogens is 2. The topological polar surface area (TPSA) is 29.3 Å². The first kappa shape index (κ1) is 14.8. The zero-order valence-electron chi connectivity index (χ0n) is 11.3. The Morgan fingerprint density at radius 1 is 1.42 bits per heavy atom. The first-order chi connectivity index (χ1) is 8.93. The summed E-state index contributed by atoms with van der Waals surface area (Å²) in [6.45, 7) is 6.43. The summed E-state index contributed by atoms with van der Waals surface area (Å²) >= 11 is 1.92. The van der Waals surface area contributed by atoms with Gasteiger partial charge in [0.25, 0.3) is 0 Å². The molecule has 0 amide bonds. The van der Waals surface area contributed by atoms with E-state index in [9.17, 15) is 8.78 Å². The first-order valence-electron chi connectivity index (χ1n) is 6.46. The molecule has 1 aliphatic heterocycles. The lowest BCUT2D eigenvalue weighted by Crippen LogP contribution is -2.46. The van der Waals surface area contributed by atoms with E-state index in [-0.39, 0.29) is 10.8 Å². The lowest BCUT2D eigenvalue weighted by molar-refractivity contribution is 0.188. The SMILES string of the molecule is CC1(C)CN(C(CN)c2ccc(F)cc2F)CCS1. The van der Waals surface area contributed by atoms with Crippen molar-refractivity contribution in [3.8, 4) is 0 Å². The Kier molecular flexibility index (Phi) is 4.48. The molecule has 2 N–H and O–H groups in total. The van der Waals surface area contributed by atoms with E-state index in [4.69, 9.17) is 5.73 Å². The van der Waals surface area contributed by atoms with Crippen molar-refractivity contribution in [2.75, 3.05) is 25.4 Å². The molecule has 0 spiro atoms. The molecule has 0 radical (unpaired) electrons. The highest BCUT2D eigenvalue weighted by molar-refractivity contribution is 8.00. The van der Waals surface area contributed by atoms with Crippen LogP contribution in [0.2, 0.25) is 0 Å². The Bertz CT molecular complexity index is 451. The molecule has 0 aliphatic carbocycles. The minimum atomic E-state index is -0.549. The standard InChI is InChI=1S/C14H20F2N2S/c1-14(2)9-18(5-6-19-14)13(8-17)11-4-3-10(15)7-12(11)16/h3-4,7,13H,5-6,8-9,17H2,1-2H3. The van der Waals surface area contributed by atoms with Crippen LogP contribution < -0.4 is 5.73 Å². The van der Waals surface area contributed by atoms with Gasteiger partial charge in [0, 0.05) is 47.8 Å². The second-order valence-electron chi connectivity index (χ2n) is 5.50. The monoisotopic (exact) mass is 286 g/mol.